The Hall–Kier alpha value is -2.16. The van der Waals surface area contributed by atoms with Gasteiger partial charge < -0.3 is 8.83 Å². The number of hydrogen-bond donors (Lipinski definition) is 1. The number of carbonyl (C=O) groups is 1. The van der Waals surface area contributed by atoms with Crippen molar-refractivity contribution >= 4 is 34.5 Å². The predicted octanol–water partition coefficient (Wildman–Crippen LogP) is 3.19. The van der Waals surface area contributed by atoms with Gasteiger partial charge >= 0.3 is 6.01 Å². The van der Waals surface area contributed by atoms with Crippen molar-refractivity contribution in [3.05, 3.63) is 51.8 Å². The van der Waals surface area contributed by atoms with E-state index in [4.69, 9.17) is 8.83 Å². The monoisotopic (exact) mass is 381 g/mol. The maximum absolute atomic E-state index is 12.0. The molecule has 20 heavy (non-hydrogen) atoms. The molecule has 3 rings (SSSR count). The molecule has 0 unspecified atom stereocenters. The molecule has 0 saturated heterocycles. The van der Waals surface area contributed by atoms with Gasteiger partial charge in [-0.1, -0.05) is 11.2 Å². The van der Waals surface area contributed by atoms with E-state index in [0.29, 0.717) is 11.3 Å². The van der Waals surface area contributed by atoms with Gasteiger partial charge in [0, 0.05) is 9.13 Å². The fourth-order valence-corrected chi connectivity index (χ4v) is 2.12. The topological polar surface area (TPSA) is 81.2 Å². The number of aromatic nitrogens is 2. The minimum Gasteiger partial charge on any atom is -0.459 e. The van der Waals surface area contributed by atoms with E-state index in [9.17, 15) is 4.79 Å². The second kappa shape index (κ2) is 5.45. The van der Waals surface area contributed by atoms with E-state index in [0.717, 1.165) is 3.57 Å². The number of nitrogens with one attached hydrogen (secondary N) is 1. The SMILES string of the molecule is O=C(Nc1nnc(-c2ccco2)o1)c1cccc(I)c1. The summed E-state index contributed by atoms with van der Waals surface area (Å²) >= 11 is 2.14. The highest BCUT2D eigenvalue weighted by Gasteiger charge is 2.14. The Bertz CT molecular complexity index is 737. The van der Waals surface area contributed by atoms with Crippen LogP contribution in [0.2, 0.25) is 0 Å². The van der Waals surface area contributed by atoms with Crippen molar-refractivity contribution in [3.8, 4) is 11.7 Å². The van der Waals surface area contributed by atoms with Crippen molar-refractivity contribution < 1.29 is 13.6 Å². The highest BCUT2D eigenvalue weighted by Crippen LogP contribution is 2.20. The molecule has 0 radical (unpaired) electrons. The Morgan fingerprint density at radius 3 is 2.85 bits per heavy atom. The molecule has 3 aromatic rings. The number of nitrogens with zero attached hydrogens (tertiary/aromatic N) is 2. The van der Waals surface area contributed by atoms with Gasteiger partial charge in [-0.3, -0.25) is 10.1 Å². The summed E-state index contributed by atoms with van der Waals surface area (Å²) in [5.41, 5.74) is 0.523. The highest BCUT2D eigenvalue weighted by atomic mass is 127. The average Bonchev–Trinajstić information content (AvgIpc) is 3.08. The van der Waals surface area contributed by atoms with Gasteiger partial charge in [0.15, 0.2) is 5.76 Å². The summed E-state index contributed by atoms with van der Waals surface area (Å²) in [6, 6.07) is 10.6. The summed E-state index contributed by atoms with van der Waals surface area (Å²) in [5, 5.41) is 10.1. The second-order valence-corrected chi connectivity index (χ2v) is 5.10. The number of halogens is 1. The van der Waals surface area contributed by atoms with Crippen LogP contribution in [0.3, 0.4) is 0 Å². The first kappa shape index (κ1) is 12.9. The summed E-state index contributed by atoms with van der Waals surface area (Å²) in [6.07, 6.45) is 1.50. The van der Waals surface area contributed by atoms with E-state index in [1.165, 1.54) is 6.26 Å². The molecule has 0 spiro atoms. The first-order valence-electron chi connectivity index (χ1n) is 5.67. The lowest BCUT2D eigenvalue weighted by molar-refractivity contribution is 0.102. The van der Waals surface area contributed by atoms with Gasteiger partial charge in [-0.25, -0.2) is 0 Å². The van der Waals surface area contributed by atoms with Crippen molar-refractivity contribution in [1.82, 2.24) is 10.2 Å². The van der Waals surface area contributed by atoms with Crippen molar-refractivity contribution in [1.29, 1.82) is 0 Å². The molecule has 100 valence electrons. The normalized spacial score (nSPS) is 10.4. The summed E-state index contributed by atoms with van der Waals surface area (Å²) in [4.78, 5) is 12.0. The molecule has 2 heterocycles. The minimum absolute atomic E-state index is 0.0280. The maximum Gasteiger partial charge on any atom is 0.322 e. The first-order chi connectivity index (χ1) is 9.72. The van der Waals surface area contributed by atoms with Crippen molar-refractivity contribution in [2.75, 3.05) is 5.32 Å². The molecule has 1 N–H and O–H groups in total. The van der Waals surface area contributed by atoms with Gasteiger partial charge in [-0.2, -0.15) is 0 Å². The minimum atomic E-state index is -0.307. The average molecular weight is 381 g/mol. The van der Waals surface area contributed by atoms with Crippen LogP contribution < -0.4 is 5.32 Å². The quantitative estimate of drug-likeness (QED) is 0.705. The van der Waals surface area contributed by atoms with Crippen LogP contribution in [0.1, 0.15) is 10.4 Å². The molecule has 6 nitrogen and oxygen atoms in total. The number of benzene rings is 1. The lowest BCUT2D eigenvalue weighted by atomic mass is 10.2. The summed E-state index contributed by atoms with van der Waals surface area (Å²) in [5.74, 6) is 0.360. The van der Waals surface area contributed by atoms with Crippen LogP contribution in [0.5, 0.6) is 0 Å². The van der Waals surface area contributed by atoms with Crippen LogP contribution in [-0.2, 0) is 0 Å². The Labute approximate surface area is 127 Å². The van der Waals surface area contributed by atoms with Crippen molar-refractivity contribution in [3.63, 3.8) is 0 Å². The number of carbonyl (C=O) groups excluding carboxylic acids is 1. The van der Waals surface area contributed by atoms with Gasteiger partial charge in [0.2, 0.25) is 0 Å². The van der Waals surface area contributed by atoms with Gasteiger partial charge in [0.25, 0.3) is 11.8 Å². The summed E-state index contributed by atoms with van der Waals surface area (Å²) < 4.78 is 11.4. The fourth-order valence-electron chi connectivity index (χ4n) is 1.57. The van der Waals surface area contributed by atoms with E-state index < -0.39 is 0 Å². The molecular formula is C13H8IN3O3. The molecule has 1 amide bonds. The maximum atomic E-state index is 12.0. The van der Waals surface area contributed by atoms with E-state index in [1.807, 2.05) is 6.07 Å². The van der Waals surface area contributed by atoms with Crippen LogP contribution in [0.25, 0.3) is 11.7 Å². The molecule has 0 aliphatic rings. The van der Waals surface area contributed by atoms with Crippen molar-refractivity contribution in [2.24, 2.45) is 0 Å². The molecule has 0 fully saturated rings. The zero-order valence-corrected chi connectivity index (χ0v) is 12.2. The Morgan fingerprint density at radius 2 is 2.10 bits per heavy atom. The first-order valence-corrected chi connectivity index (χ1v) is 6.74. The number of amides is 1. The third kappa shape index (κ3) is 2.72. The summed E-state index contributed by atoms with van der Waals surface area (Å²) in [7, 11) is 0. The van der Waals surface area contributed by atoms with E-state index >= 15 is 0 Å². The Morgan fingerprint density at radius 1 is 1.20 bits per heavy atom. The molecule has 2 aromatic heterocycles. The molecule has 0 bridgehead atoms. The zero-order valence-electron chi connectivity index (χ0n) is 10.0. The van der Waals surface area contributed by atoms with Crippen LogP contribution in [-0.4, -0.2) is 16.1 Å². The number of anilines is 1. The van der Waals surface area contributed by atoms with Crippen LogP contribution in [0, 0.1) is 3.57 Å². The van der Waals surface area contributed by atoms with Crippen LogP contribution >= 0.6 is 22.6 Å². The van der Waals surface area contributed by atoms with Crippen LogP contribution in [0.15, 0.2) is 51.5 Å². The Kier molecular flexibility index (Phi) is 3.50. The molecule has 0 atom stereocenters. The third-order valence-electron chi connectivity index (χ3n) is 2.46. The molecular weight excluding hydrogens is 373 g/mol. The Balaban J connectivity index is 1.77. The van der Waals surface area contributed by atoms with Crippen LogP contribution in [0.4, 0.5) is 6.01 Å². The van der Waals surface area contributed by atoms with Gasteiger partial charge in [0.1, 0.15) is 0 Å². The third-order valence-corrected chi connectivity index (χ3v) is 3.14. The van der Waals surface area contributed by atoms with Gasteiger partial charge in [-0.15, -0.1) is 5.10 Å². The van der Waals surface area contributed by atoms with E-state index in [1.54, 1.807) is 30.3 Å². The predicted molar refractivity (Wildman–Crippen MR) is 79.1 cm³/mol. The van der Waals surface area contributed by atoms with Gasteiger partial charge in [-0.05, 0) is 52.9 Å². The molecule has 0 aliphatic heterocycles. The zero-order chi connectivity index (χ0) is 13.9. The largest absolute Gasteiger partial charge is 0.459 e. The molecule has 0 aliphatic carbocycles. The number of furan rings is 1. The molecule has 0 saturated carbocycles. The number of rotatable bonds is 3. The molecule has 7 heteroatoms. The van der Waals surface area contributed by atoms with E-state index in [2.05, 4.69) is 38.1 Å². The lowest BCUT2D eigenvalue weighted by Gasteiger charge is -2.00. The van der Waals surface area contributed by atoms with Gasteiger partial charge in [0.05, 0.1) is 6.26 Å². The smallest absolute Gasteiger partial charge is 0.322 e. The van der Waals surface area contributed by atoms with Crippen molar-refractivity contribution in [2.45, 2.75) is 0 Å². The second-order valence-electron chi connectivity index (χ2n) is 3.85. The lowest BCUT2D eigenvalue weighted by Crippen LogP contribution is -2.12. The standard InChI is InChI=1S/C13H8IN3O3/c14-9-4-1-3-8(7-9)11(18)15-13-17-16-12(20-13)10-5-2-6-19-10/h1-7H,(H,15,17,18). The molecule has 1 aromatic carbocycles. The number of hydrogen-bond acceptors (Lipinski definition) is 5. The fraction of sp³-hybridized carbons (Fsp3) is 0. The highest BCUT2D eigenvalue weighted by molar-refractivity contribution is 14.1. The summed E-state index contributed by atoms with van der Waals surface area (Å²) in [6.45, 7) is 0. The van der Waals surface area contributed by atoms with E-state index in [-0.39, 0.29) is 17.8 Å².